The summed E-state index contributed by atoms with van der Waals surface area (Å²) in [5.41, 5.74) is 1.48. The molecule has 0 radical (unpaired) electrons. The van der Waals surface area contributed by atoms with Crippen molar-refractivity contribution in [1.29, 1.82) is 0 Å². The summed E-state index contributed by atoms with van der Waals surface area (Å²) in [6.07, 6.45) is 0. The van der Waals surface area contributed by atoms with Crippen molar-refractivity contribution in [1.82, 2.24) is 20.2 Å². The number of anilines is 1. The summed E-state index contributed by atoms with van der Waals surface area (Å²) in [6, 6.07) is 13.8. The van der Waals surface area contributed by atoms with Crippen molar-refractivity contribution in [3.8, 4) is 11.4 Å². The quantitative estimate of drug-likeness (QED) is 0.563. The molecular weight excluding hydrogens is 324 g/mol. The van der Waals surface area contributed by atoms with E-state index in [9.17, 15) is 14.9 Å². The SMILES string of the molecule is Cc1ccc(NC(=O)Cn2nnc(-c3ccccc3)n2)c([N+](=O)[O-])c1. The van der Waals surface area contributed by atoms with Crippen LogP contribution in [0.5, 0.6) is 0 Å². The highest BCUT2D eigenvalue weighted by atomic mass is 16.6. The van der Waals surface area contributed by atoms with E-state index in [-0.39, 0.29) is 17.9 Å². The molecule has 0 bridgehead atoms. The molecule has 0 saturated carbocycles. The second-order valence-corrected chi connectivity index (χ2v) is 5.34. The molecule has 0 spiro atoms. The number of amides is 1. The van der Waals surface area contributed by atoms with E-state index in [2.05, 4.69) is 20.7 Å². The van der Waals surface area contributed by atoms with Crippen molar-refractivity contribution >= 4 is 17.3 Å². The number of nitrogens with one attached hydrogen (secondary N) is 1. The first-order chi connectivity index (χ1) is 12.0. The monoisotopic (exact) mass is 338 g/mol. The summed E-state index contributed by atoms with van der Waals surface area (Å²) in [5, 5.41) is 25.5. The highest BCUT2D eigenvalue weighted by molar-refractivity contribution is 5.92. The van der Waals surface area contributed by atoms with E-state index in [4.69, 9.17) is 0 Å². The Morgan fingerprint density at radius 1 is 1.24 bits per heavy atom. The minimum atomic E-state index is -0.538. The van der Waals surface area contributed by atoms with Gasteiger partial charge in [0.25, 0.3) is 5.69 Å². The van der Waals surface area contributed by atoms with E-state index in [0.717, 1.165) is 15.9 Å². The standard InChI is InChI=1S/C16H14N6O3/c1-11-7-8-13(14(9-11)22(24)25)17-15(23)10-21-19-16(18-20-21)12-5-3-2-4-6-12/h2-9H,10H2,1H3,(H,17,23). The normalized spacial score (nSPS) is 10.4. The number of aromatic nitrogens is 4. The third-order valence-electron chi connectivity index (χ3n) is 3.39. The Balaban J connectivity index is 1.72. The number of aryl methyl sites for hydroxylation is 1. The number of nitro benzene ring substituents is 1. The van der Waals surface area contributed by atoms with Crippen LogP contribution in [0.4, 0.5) is 11.4 Å². The van der Waals surface area contributed by atoms with Gasteiger partial charge in [0.1, 0.15) is 12.2 Å². The number of nitro groups is 1. The fourth-order valence-corrected chi connectivity index (χ4v) is 2.23. The van der Waals surface area contributed by atoms with Gasteiger partial charge in [-0.3, -0.25) is 14.9 Å². The van der Waals surface area contributed by atoms with E-state index < -0.39 is 10.8 Å². The lowest BCUT2D eigenvalue weighted by Crippen LogP contribution is -2.21. The van der Waals surface area contributed by atoms with Crippen molar-refractivity contribution in [3.05, 3.63) is 64.2 Å². The fourth-order valence-electron chi connectivity index (χ4n) is 2.23. The Labute approximate surface area is 142 Å². The summed E-state index contributed by atoms with van der Waals surface area (Å²) < 4.78 is 0. The van der Waals surface area contributed by atoms with Crippen molar-refractivity contribution in [2.75, 3.05) is 5.32 Å². The molecule has 0 atom stereocenters. The van der Waals surface area contributed by atoms with E-state index in [1.54, 1.807) is 13.0 Å². The topological polar surface area (TPSA) is 116 Å². The molecule has 0 fully saturated rings. The third-order valence-corrected chi connectivity index (χ3v) is 3.39. The van der Waals surface area contributed by atoms with Crippen LogP contribution in [0.25, 0.3) is 11.4 Å². The number of carbonyl (C=O) groups is 1. The van der Waals surface area contributed by atoms with Crippen LogP contribution < -0.4 is 5.32 Å². The van der Waals surface area contributed by atoms with Gasteiger partial charge in [-0.1, -0.05) is 36.4 Å². The average molecular weight is 338 g/mol. The van der Waals surface area contributed by atoms with Crippen LogP contribution in [0.3, 0.4) is 0 Å². The number of benzene rings is 2. The average Bonchev–Trinajstić information content (AvgIpc) is 3.05. The maximum absolute atomic E-state index is 12.1. The number of rotatable bonds is 5. The smallest absolute Gasteiger partial charge is 0.293 e. The van der Waals surface area contributed by atoms with E-state index >= 15 is 0 Å². The van der Waals surface area contributed by atoms with Crippen molar-refractivity contribution in [2.24, 2.45) is 0 Å². The summed E-state index contributed by atoms with van der Waals surface area (Å²) in [4.78, 5) is 23.8. The van der Waals surface area contributed by atoms with E-state index in [1.807, 2.05) is 30.3 Å². The number of tetrazole rings is 1. The second-order valence-electron chi connectivity index (χ2n) is 5.34. The van der Waals surface area contributed by atoms with Gasteiger partial charge in [0, 0.05) is 11.6 Å². The van der Waals surface area contributed by atoms with Gasteiger partial charge >= 0.3 is 0 Å². The molecule has 3 rings (SSSR count). The molecule has 0 saturated heterocycles. The zero-order chi connectivity index (χ0) is 17.8. The zero-order valence-corrected chi connectivity index (χ0v) is 13.3. The van der Waals surface area contributed by atoms with E-state index in [1.165, 1.54) is 12.1 Å². The van der Waals surface area contributed by atoms with Gasteiger partial charge in [0.15, 0.2) is 0 Å². The van der Waals surface area contributed by atoms with Gasteiger partial charge in [-0.2, -0.15) is 4.80 Å². The van der Waals surface area contributed by atoms with Crippen LogP contribution in [0.2, 0.25) is 0 Å². The van der Waals surface area contributed by atoms with Crippen LogP contribution >= 0.6 is 0 Å². The maximum Gasteiger partial charge on any atom is 0.293 e. The van der Waals surface area contributed by atoms with E-state index in [0.29, 0.717) is 5.82 Å². The molecule has 0 aliphatic carbocycles. The Hall–Kier alpha value is -3.62. The van der Waals surface area contributed by atoms with Gasteiger partial charge in [-0.15, -0.1) is 10.2 Å². The Morgan fingerprint density at radius 3 is 2.72 bits per heavy atom. The molecule has 126 valence electrons. The number of carbonyl (C=O) groups excluding carboxylic acids is 1. The van der Waals surface area contributed by atoms with Gasteiger partial charge in [-0.05, 0) is 23.8 Å². The first-order valence-electron chi connectivity index (χ1n) is 7.41. The molecular formula is C16H14N6O3. The lowest BCUT2D eigenvalue weighted by Gasteiger charge is -2.06. The number of nitrogens with zero attached hydrogens (tertiary/aromatic N) is 5. The molecule has 3 aromatic rings. The minimum Gasteiger partial charge on any atom is -0.319 e. The Morgan fingerprint density at radius 2 is 2.00 bits per heavy atom. The maximum atomic E-state index is 12.1. The first-order valence-corrected chi connectivity index (χ1v) is 7.41. The molecule has 1 aromatic heterocycles. The van der Waals surface area contributed by atoms with Crippen molar-refractivity contribution in [3.63, 3.8) is 0 Å². The highest BCUT2D eigenvalue weighted by Gasteiger charge is 2.17. The molecule has 1 amide bonds. The molecule has 2 aromatic carbocycles. The van der Waals surface area contributed by atoms with Crippen LogP contribution in [0.15, 0.2) is 48.5 Å². The first kappa shape index (κ1) is 16.2. The molecule has 1 heterocycles. The van der Waals surface area contributed by atoms with Gasteiger partial charge in [0.05, 0.1) is 4.92 Å². The van der Waals surface area contributed by atoms with Crippen LogP contribution in [-0.4, -0.2) is 31.0 Å². The molecule has 25 heavy (non-hydrogen) atoms. The summed E-state index contributed by atoms with van der Waals surface area (Å²) in [5.74, 6) is -0.0846. The summed E-state index contributed by atoms with van der Waals surface area (Å²) >= 11 is 0. The molecule has 0 unspecified atom stereocenters. The predicted molar refractivity (Wildman–Crippen MR) is 89.7 cm³/mol. The van der Waals surface area contributed by atoms with Gasteiger partial charge in [0.2, 0.25) is 11.7 Å². The largest absolute Gasteiger partial charge is 0.319 e. The van der Waals surface area contributed by atoms with Crippen molar-refractivity contribution in [2.45, 2.75) is 13.5 Å². The Kier molecular flexibility index (Phi) is 4.46. The van der Waals surface area contributed by atoms with Gasteiger partial charge in [-0.25, -0.2) is 0 Å². The molecule has 1 N–H and O–H groups in total. The third kappa shape index (κ3) is 3.83. The molecule has 0 aliphatic heterocycles. The zero-order valence-electron chi connectivity index (χ0n) is 13.3. The highest BCUT2D eigenvalue weighted by Crippen LogP contribution is 2.25. The van der Waals surface area contributed by atoms with Crippen LogP contribution in [0.1, 0.15) is 5.56 Å². The fraction of sp³-hybridized carbons (Fsp3) is 0.125. The van der Waals surface area contributed by atoms with Crippen LogP contribution in [0, 0.1) is 17.0 Å². The summed E-state index contributed by atoms with van der Waals surface area (Å²) in [7, 11) is 0. The lowest BCUT2D eigenvalue weighted by atomic mass is 10.2. The number of hydrogen-bond acceptors (Lipinski definition) is 6. The molecule has 9 heteroatoms. The lowest BCUT2D eigenvalue weighted by molar-refractivity contribution is -0.384. The second kappa shape index (κ2) is 6.87. The van der Waals surface area contributed by atoms with Gasteiger partial charge < -0.3 is 5.32 Å². The Bertz CT molecular complexity index is 923. The summed E-state index contributed by atoms with van der Waals surface area (Å²) in [6.45, 7) is 1.54. The molecule has 9 nitrogen and oxygen atoms in total. The predicted octanol–water partition coefficient (Wildman–Crippen LogP) is 2.20. The van der Waals surface area contributed by atoms with Crippen molar-refractivity contribution < 1.29 is 9.72 Å². The van der Waals surface area contributed by atoms with Crippen LogP contribution in [-0.2, 0) is 11.3 Å². The minimum absolute atomic E-state index is 0.129. The molecule has 0 aliphatic rings. The number of hydrogen-bond donors (Lipinski definition) is 1.